The first kappa shape index (κ1) is 16.0. The zero-order valence-corrected chi connectivity index (χ0v) is 13.5. The van der Waals surface area contributed by atoms with E-state index in [-0.39, 0.29) is 17.9 Å². The molecule has 2 aromatic rings. The van der Waals surface area contributed by atoms with Crippen LogP contribution in [-0.4, -0.2) is 41.3 Å². The van der Waals surface area contributed by atoms with Crippen molar-refractivity contribution in [1.29, 1.82) is 0 Å². The van der Waals surface area contributed by atoms with E-state index in [9.17, 15) is 9.59 Å². The minimum absolute atomic E-state index is 0.00588. The maximum Gasteiger partial charge on any atom is 0.269 e. The molecule has 1 atom stereocenters. The predicted molar refractivity (Wildman–Crippen MR) is 91.5 cm³/mol. The Morgan fingerprint density at radius 3 is 2.75 bits per heavy atom. The molecular formula is C18H20N4O2. The molecule has 6 nitrogen and oxygen atoms in total. The summed E-state index contributed by atoms with van der Waals surface area (Å²) in [5, 5.41) is 5.80. The van der Waals surface area contributed by atoms with Gasteiger partial charge in [0.05, 0.1) is 6.04 Å². The molecule has 2 N–H and O–H groups in total. The van der Waals surface area contributed by atoms with E-state index >= 15 is 0 Å². The first-order valence-electron chi connectivity index (χ1n) is 7.93. The quantitative estimate of drug-likeness (QED) is 0.877. The molecule has 1 aliphatic heterocycles. The van der Waals surface area contributed by atoms with Gasteiger partial charge in [0.25, 0.3) is 5.91 Å². The monoisotopic (exact) mass is 324 g/mol. The standard InChI is InChI=1S/C18H20N4O2/c1-19-18(24)15-8-5-9-16(21-15)20-14-10-17(23)22(12-14)11-13-6-3-2-4-7-13/h2-9,14H,10-12H2,1H3,(H,19,24)(H,20,21)/t14-/m0/s1. The molecule has 24 heavy (non-hydrogen) atoms. The van der Waals surface area contributed by atoms with Crippen LogP contribution in [0.3, 0.4) is 0 Å². The first-order valence-corrected chi connectivity index (χ1v) is 7.93. The Kier molecular flexibility index (Phi) is 4.74. The highest BCUT2D eigenvalue weighted by Gasteiger charge is 2.29. The van der Waals surface area contributed by atoms with E-state index in [1.54, 1.807) is 25.2 Å². The molecule has 1 aromatic heterocycles. The Labute approximate surface area is 140 Å². The van der Waals surface area contributed by atoms with Crippen LogP contribution < -0.4 is 10.6 Å². The number of anilines is 1. The molecule has 6 heteroatoms. The average Bonchev–Trinajstić information content (AvgIpc) is 2.94. The van der Waals surface area contributed by atoms with Gasteiger partial charge in [-0.15, -0.1) is 0 Å². The number of nitrogens with one attached hydrogen (secondary N) is 2. The van der Waals surface area contributed by atoms with Crippen molar-refractivity contribution in [2.75, 3.05) is 18.9 Å². The van der Waals surface area contributed by atoms with E-state index in [1.165, 1.54) is 0 Å². The number of pyridine rings is 1. The van der Waals surface area contributed by atoms with Crippen LogP contribution in [0, 0.1) is 0 Å². The van der Waals surface area contributed by atoms with Crippen LogP contribution >= 0.6 is 0 Å². The van der Waals surface area contributed by atoms with Gasteiger partial charge in [0.2, 0.25) is 5.91 Å². The molecule has 2 heterocycles. The molecule has 0 bridgehead atoms. The van der Waals surface area contributed by atoms with E-state index in [2.05, 4.69) is 15.6 Å². The van der Waals surface area contributed by atoms with Crippen molar-refractivity contribution >= 4 is 17.6 Å². The Balaban J connectivity index is 1.63. The lowest BCUT2D eigenvalue weighted by Gasteiger charge is -2.17. The molecule has 0 saturated carbocycles. The number of aromatic nitrogens is 1. The fourth-order valence-electron chi connectivity index (χ4n) is 2.80. The summed E-state index contributed by atoms with van der Waals surface area (Å²) in [4.78, 5) is 30.0. The van der Waals surface area contributed by atoms with Crippen LogP contribution in [-0.2, 0) is 11.3 Å². The number of rotatable bonds is 5. The zero-order chi connectivity index (χ0) is 16.9. The fraction of sp³-hybridized carbons (Fsp3) is 0.278. The fourth-order valence-corrected chi connectivity index (χ4v) is 2.80. The van der Waals surface area contributed by atoms with Crippen LogP contribution in [0.2, 0.25) is 0 Å². The third kappa shape index (κ3) is 3.71. The van der Waals surface area contributed by atoms with Gasteiger partial charge in [-0.05, 0) is 17.7 Å². The van der Waals surface area contributed by atoms with Gasteiger partial charge in [-0.25, -0.2) is 4.98 Å². The lowest BCUT2D eigenvalue weighted by Crippen LogP contribution is -2.28. The summed E-state index contributed by atoms with van der Waals surface area (Å²) in [5.74, 6) is 0.501. The Bertz CT molecular complexity index is 733. The molecule has 124 valence electrons. The van der Waals surface area contributed by atoms with Crippen LogP contribution in [0.25, 0.3) is 0 Å². The smallest absolute Gasteiger partial charge is 0.269 e. The third-order valence-electron chi connectivity index (χ3n) is 3.99. The van der Waals surface area contributed by atoms with Crippen molar-refractivity contribution < 1.29 is 9.59 Å². The molecule has 0 radical (unpaired) electrons. The van der Waals surface area contributed by atoms with E-state index in [1.807, 2.05) is 35.2 Å². The molecular weight excluding hydrogens is 304 g/mol. The minimum Gasteiger partial charge on any atom is -0.365 e. The predicted octanol–water partition coefficient (Wildman–Crippen LogP) is 1.65. The summed E-state index contributed by atoms with van der Waals surface area (Å²) >= 11 is 0. The molecule has 1 aromatic carbocycles. The second kappa shape index (κ2) is 7.12. The van der Waals surface area contributed by atoms with Crippen molar-refractivity contribution in [1.82, 2.24) is 15.2 Å². The molecule has 1 saturated heterocycles. The maximum atomic E-state index is 12.2. The molecule has 1 aliphatic rings. The Hall–Kier alpha value is -2.89. The number of benzene rings is 1. The van der Waals surface area contributed by atoms with Gasteiger partial charge < -0.3 is 15.5 Å². The zero-order valence-electron chi connectivity index (χ0n) is 13.5. The number of hydrogen-bond acceptors (Lipinski definition) is 4. The summed E-state index contributed by atoms with van der Waals surface area (Å²) in [5.41, 5.74) is 1.47. The third-order valence-corrected chi connectivity index (χ3v) is 3.99. The van der Waals surface area contributed by atoms with Gasteiger partial charge in [-0.3, -0.25) is 9.59 Å². The van der Waals surface area contributed by atoms with Gasteiger partial charge in [0, 0.05) is 26.6 Å². The van der Waals surface area contributed by atoms with Crippen LogP contribution in [0.5, 0.6) is 0 Å². The number of likely N-dealkylation sites (tertiary alicyclic amines) is 1. The van der Waals surface area contributed by atoms with Gasteiger partial charge in [-0.1, -0.05) is 36.4 Å². The highest BCUT2D eigenvalue weighted by Crippen LogP contribution is 2.18. The maximum absolute atomic E-state index is 12.2. The molecule has 0 spiro atoms. The first-order chi connectivity index (χ1) is 11.7. The normalized spacial score (nSPS) is 17.0. The second-order valence-corrected chi connectivity index (χ2v) is 5.79. The van der Waals surface area contributed by atoms with Crippen LogP contribution in [0.4, 0.5) is 5.82 Å². The van der Waals surface area contributed by atoms with Gasteiger partial charge in [0.15, 0.2) is 0 Å². The SMILES string of the molecule is CNC(=O)c1cccc(N[C@H]2CC(=O)N(Cc3ccccc3)C2)n1. The van der Waals surface area contributed by atoms with E-state index in [0.717, 1.165) is 5.56 Å². The van der Waals surface area contributed by atoms with Crippen LogP contribution in [0.15, 0.2) is 48.5 Å². The Morgan fingerprint density at radius 1 is 1.21 bits per heavy atom. The second-order valence-electron chi connectivity index (χ2n) is 5.79. The van der Waals surface area contributed by atoms with Crippen molar-refractivity contribution in [3.8, 4) is 0 Å². The number of carbonyl (C=O) groups is 2. The van der Waals surface area contributed by atoms with E-state index < -0.39 is 0 Å². The van der Waals surface area contributed by atoms with Gasteiger partial charge in [-0.2, -0.15) is 0 Å². The average molecular weight is 324 g/mol. The van der Waals surface area contributed by atoms with Crippen molar-refractivity contribution in [2.24, 2.45) is 0 Å². The van der Waals surface area contributed by atoms with Crippen molar-refractivity contribution in [3.63, 3.8) is 0 Å². The Morgan fingerprint density at radius 2 is 2.00 bits per heavy atom. The molecule has 2 amide bonds. The summed E-state index contributed by atoms with van der Waals surface area (Å²) in [6.45, 7) is 1.24. The minimum atomic E-state index is -0.230. The number of nitrogens with zero attached hydrogens (tertiary/aromatic N) is 2. The number of hydrogen-bond donors (Lipinski definition) is 2. The summed E-state index contributed by atoms with van der Waals surface area (Å²) in [7, 11) is 1.57. The highest BCUT2D eigenvalue weighted by atomic mass is 16.2. The molecule has 3 rings (SSSR count). The highest BCUT2D eigenvalue weighted by molar-refractivity contribution is 5.92. The van der Waals surface area contributed by atoms with Crippen LogP contribution in [0.1, 0.15) is 22.5 Å². The summed E-state index contributed by atoms with van der Waals surface area (Å²) in [6.07, 6.45) is 0.429. The lowest BCUT2D eigenvalue weighted by atomic mass is 10.2. The lowest BCUT2D eigenvalue weighted by molar-refractivity contribution is -0.128. The number of carbonyl (C=O) groups excluding carboxylic acids is 2. The molecule has 0 aliphatic carbocycles. The topological polar surface area (TPSA) is 74.3 Å². The van der Waals surface area contributed by atoms with Gasteiger partial charge in [0.1, 0.15) is 11.5 Å². The van der Waals surface area contributed by atoms with E-state index in [0.29, 0.717) is 31.0 Å². The summed E-state index contributed by atoms with van der Waals surface area (Å²) in [6, 6.07) is 15.2. The number of amides is 2. The van der Waals surface area contributed by atoms with Gasteiger partial charge >= 0.3 is 0 Å². The van der Waals surface area contributed by atoms with Crippen molar-refractivity contribution in [2.45, 2.75) is 19.0 Å². The van der Waals surface area contributed by atoms with E-state index in [4.69, 9.17) is 0 Å². The largest absolute Gasteiger partial charge is 0.365 e. The van der Waals surface area contributed by atoms with Crippen molar-refractivity contribution in [3.05, 3.63) is 59.8 Å². The summed E-state index contributed by atoms with van der Waals surface area (Å²) < 4.78 is 0. The molecule has 0 unspecified atom stereocenters. The molecule has 1 fully saturated rings.